The molecular weight excluding hydrogens is 130 g/mol. The number of hydrogen-bond donors (Lipinski definition) is 1. The Labute approximate surface area is 59.8 Å². The van der Waals surface area contributed by atoms with Crippen LogP contribution in [0.25, 0.3) is 0 Å². The van der Waals surface area contributed by atoms with Gasteiger partial charge in [0, 0.05) is 6.61 Å². The molecule has 1 N–H and O–H groups in total. The third kappa shape index (κ3) is 1.64. The SMILES string of the molecule is O=CC1=NC(CCO)CC1. The van der Waals surface area contributed by atoms with E-state index in [1.165, 1.54) is 0 Å². The quantitative estimate of drug-likeness (QED) is 0.569. The highest BCUT2D eigenvalue weighted by atomic mass is 16.3. The fraction of sp³-hybridized carbons (Fsp3) is 0.714. The number of rotatable bonds is 3. The Hall–Kier alpha value is -0.700. The van der Waals surface area contributed by atoms with Gasteiger partial charge in [-0.1, -0.05) is 0 Å². The fourth-order valence-electron chi connectivity index (χ4n) is 1.13. The number of aliphatic hydroxyl groups excluding tert-OH is 1. The van der Waals surface area contributed by atoms with Crippen molar-refractivity contribution in [3.63, 3.8) is 0 Å². The summed E-state index contributed by atoms with van der Waals surface area (Å²) in [6.45, 7) is 0.167. The van der Waals surface area contributed by atoms with Crippen LogP contribution in [0.15, 0.2) is 4.99 Å². The highest BCUT2D eigenvalue weighted by Crippen LogP contribution is 2.14. The van der Waals surface area contributed by atoms with Gasteiger partial charge in [-0.15, -0.1) is 0 Å². The van der Waals surface area contributed by atoms with Gasteiger partial charge in [0.05, 0.1) is 11.8 Å². The van der Waals surface area contributed by atoms with Gasteiger partial charge in [-0.05, 0) is 19.3 Å². The summed E-state index contributed by atoms with van der Waals surface area (Å²) in [6, 6.07) is 0.199. The molecule has 0 fully saturated rings. The van der Waals surface area contributed by atoms with E-state index in [1.807, 2.05) is 0 Å². The zero-order valence-electron chi connectivity index (χ0n) is 5.79. The zero-order chi connectivity index (χ0) is 7.40. The number of aliphatic imine (C=N–C) groups is 1. The number of aldehydes is 1. The first-order valence-electron chi connectivity index (χ1n) is 3.49. The number of hydrogen-bond acceptors (Lipinski definition) is 3. The van der Waals surface area contributed by atoms with E-state index in [1.54, 1.807) is 0 Å². The van der Waals surface area contributed by atoms with Crippen molar-refractivity contribution in [1.82, 2.24) is 0 Å². The maximum atomic E-state index is 10.2. The molecule has 0 bridgehead atoms. The molecular formula is C7H11NO2. The molecule has 0 spiro atoms. The van der Waals surface area contributed by atoms with E-state index < -0.39 is 0 Å². The van der Waals surface area contributed by atoms with Crippen molar-refractivity contribution in [2.45, 2.75) is 25.3 Å². The van der Waals surface area contributed by atoms with Gasteiger partial charge in [-0.25, -0.2) is 0 Å². The summed E-state index contributed by atoms with van der Waals surface area (Å²) in [7, 11) is 0. The van der Waals surface area contributed by atoms with Crippen LogP contribution in [0, 0.1) is 0 Å². The lowest BCUT2D eigenvalue weighted by Gasteiger charge is -2.00. The lowest BCUT2D eigenvalue weighted by Crippen LogP contribution is -2.01. The molecule has 0 radical (unpaired) electrons. The average Bonchev–Trinajstić information content (AvgIpc) is 2.37. The number of carbonyl (C=O) groups excluding carboxylic acids is 1. The molecule has 1 rings (SSSR count). The van der Waals surface area contributed by atoms with Gasteiger partial charge in [-0.2, -0.15) is 0 Å². The molecule has 0 aromatic heterocycles. The Bertz CT molecular complexity index is 154. The minimum atomic E-state index is 0.167. The van der Waals surface area contributed by atoms with Crippen molar-refractivity contribution in [2.75, 3.05) is 6.61 Å². The van der Waals surface area contributed by atoms with E-state index in [0.29, 0.717) is 12.1 Å². The van der Waals surface area contributed by atoms with Crippen LogP contribution in [-0.2, 0) is 4.79 Å². The van der Waals surface area contributed by atoms with E-state index >= 15 is 0 Å². The Balaban J connectivity index is 2.38. The van der Waals surface area contributed by atoms with Gasteiger partial charge in [0.25, 0.3) is 0 Å². The van der Waals surface area contributed by atoms with Crippen molar-refractivity contribution < 1.29 is 9.90 Å². The van der Waals surface area contributed by atoms with Gasteiger partial charge in [-0.3, -0.25) is 9.79 Å². The smallest absolute Gasteiger partial charge is 0.163 e. The Morgan fingerprint density at radius 1 is 1.80 bits per heavy atom. The van der Waals surface area contributed by atoms with Crippen LogP contribution < -0.4 is 0 Å². The Morgan fingerprint density at radius 3 is 3.10 bits per heavy atom. The summed E-state index contributed by atoms with van der Waals surface area (Å²) in [5, 5.41) is 8.53. The minimum absolute atomic E-state index is 0.167. The predicted molar refractivity (Wildman–Crippen MR) is 38.2 cm³/mol. The third-order valence-corrected chi connectivity index (χ3v) is 1.68. The van der Waals surface area contributed by atoms with Crippen LogP contribution in [0.1, 0.15) is 19.3 Å². The Kier molecular flexibility index (Phi) is 2.57. The molecule has 1 aliphatic heterocycles. The van der Waals surface area contributed by atoms with Gasteiger partial charge in [0.15, 0.2) is 6.29 Å². The molecule has 3 heteroatoms. The first-order valence-corrected chi connectivity index (χ1v) is 3.49. The number of aliphatic hydroxyl groups is 1. The first kappa shape index (κ1) is 7.41. The Morgan fingerprint density at radius 2 is 2.60 bits per heavy atom. The third-order valence-electron chi connectivity index (χ3n) is 1.68. The van der Waals surface area contributed by atoms with E-state index in [-0.39, 0.29) is 12.6 Å². The van der Waals surface area contributed by atoms with Crippen LogP contribution in [0.3, 0.4) is 0 Å². The van der Waals surface area contributed by atoms with Crippen molar-refractivity contribution in [2.24, 2.45) is 4.99 Å². The predicted octanol–water partition coefficient (Wildman–Crippen LogP) is 0.171. The summed E-state index contributed by atoms with van der Waals surface area (Å²) in [6.07, 6.45) is 3.21. The van der Waals surface area contributed by atoms with Gasteiger partial charge in [0.2, 0.25) is 0 Å². The highest BCUT2D eigenvalue weighted by molar-refractivity contribution is 6.28. The standard InChI is InChI=1S/C7H11NO2/c9-4-3-6-1-2-7(5-10)8-6/h5-6,9H,1-4H2. The van der Waals surface area contributed by atoms with Gasteiger partial charge in [0.1, 0.15) is 0 Å². The van der Waals surface area contributed by atoms with E-state index in [4.69, 9.17) is 5.11 Å². The second-order valence-electron chi connectivity index (χ2n) is 2.44. The lowest BCUT2D eigenvalue weighted by molar-refractivity contribution is -0.102. The maximum absolute atomic E-state index is 10.2. The number of carbonyl (C=O) groups is 1. The van der Waals surface area contributed by atoms with Crippen molar-refractivity contribution in [3.8, 4) is 0 Å². The number of nitrogens with zero attached hydrogens (tertiary/aromatic N) is 1. The van der Waals surface area contributed by atoms with Crippen LogP contribution in [0.5, 0.6) is 0 Å². The average molecular weight is 141 g/mol. The first-order chi connectivity index (χ1) is 4.86. The molecule has 0 aromatic rings. The topological polar surface area (TPSA) is 49.7 Å². The molecule has 0 saturated heterocycles. The zero-order valence-corrected chi connectivity index (χ0v) is 5.79. The second kappa shape index (κ2) is 3.46. The minimum Gasteiger partial charge on any atom is -0.396 e. The molecule has 10 heavy (non-hydrogen) atoms. The summed E-state index contributed by atoms with van der Waals surface area (Å²) >= 11 is 0. The van der Waals surface area contributed by atoms with Crippen LogP contribution >= 0.6 is 0 Å². The molecule has 1 atom stereocenters. The van der Waals surface area contributed by atoms with Crippen molar-refractivity contribution in [3.05, 3.63) is 0 Å². The summed E-state index contributed by atoms with van der Waals surface area (Å²) in [5.41, 5.74) is 0.651. The highest BCUT2D eigenvalue weighted by Gasteiger charge is 2.15. The van der Waals surface area contributed by atoms with Crippen molar-refractivity contribution in [1.29, 1.82) is 0 Å². The van der Waals surface area contributed by atoms with Crippen molar-refractivity contribution >= 4 is 12.0 Å². The fourth-order valence-corrected chi connectivity index (χ4v) is 1.13. The van der Waals surface area contributed by atoms with Crippen LogP contribution in [0.4, 0.5) is 0 Å². The lowest BCUT2D eigenvalue weighted by atomic mass is 10.1. The molecule has 56 valence electrons. The van der Waals surface area contributed by atoms with Gasteiger partial charge >= 0.3 is 0 Å². The molecule has 1 unspecified atom stereocenters. The van der Waals surface area contributed by atoms with E-state index in [0.717, 1.165) is 19.1 Å². The molecule has 3 nitrogen and oxygen atoms in total. The van der Waals surface area contributed by atoms with E-state index in [9.17, 15) is 4.79 Å². The van der Waals surface area contributed by atoms with Crippen LogP contribution in [-0.4, -0.2) is 29.8 Å². The summed E-state index contributed by atoms with van der Waals surface area (Å²) < 4.78 is 0. The maximum Gasteiger partial charge on any atom is 0.163 e. The molecule has 0 aromatic carbocycles. The monoisotopic (exact) mass is 141 g/mol. The van der Waals surface area contributed by atoms with Gasteiger partial charge < -0.3 is 5.11 Å². The largest absolute Gasteiger partial charge is 0.396 e. The second-order valence-corrected chi connectivity index (χ2v) is 2.44. The van der Waals surface area contributed by atoms with E-state index in [2.05, 4.69) is 4.99 Å². The normalized spacial score (nSPS) is 24.5. The summed E-state index contributed by atoms with van der Waals surface area (Å²) in [4.78, 5) is 14.2. The molecule has 0 saturated carbocycles. The molecule has 0 aliphatic carbocycles. The molecule has 1 heterocycles. The molecule has 1 aliphatic rings. The summed E-state index contributed by atoms with van der Waals surface area (Å²) in [5.74, 6) is 0. The van der Waals surface area contributed by atoms with Crippen LogP contribution in [0.2, 0.25) is 0 Å². The molecule has 0 amide bonds.